The van der Waals surface area contributed by atoms with Crippen LogP contribution in [0, 0.1) is 17.2 Å². The molecule has 21 heavy (non-hydrogen) atoms. The minimum Gasteiger partial charge on any atom is -0.323 e. The number of rotatable bonds is 1. The zero-order chi connectivity index (χ0) is 15.0. The molecule has 2 unspecified atom stereocenters. The Labute approximate surface area is 123 Å². The van der Waals surface area contributed by atoms with E-state index in [-0.39, 0.29) is 11.9 Å². The van der Waals surface area contributed by atoms with Gasteiger partial charge in [-0.15, -0.1) is 0 Å². The third-order valence-electron chi connectivity index (χ3n) is 4.39. The topological polar surface area (TPSA) is 73.2 Å². The molecule has 1 heterocycles. The normalized spacial score (nSPS) is 28.6. The van der Waals surface area contributed by atoms with E-state index >= 15 is 0 Å². The molecule has 3 rings (SSSR count). The van der Waals surface area contributed by atoms with Gasteiger partial charge >= 0.3 is 6.03 Å². The van der Waals surface area contributed by atoms with Crippen molar-refractivity contribution in [3.63, 3.8) is 0 Å². The predicted molar refractivity (Wildman–Crippen MR) is 77.5 cm³/mol. The number of carbonyl (C=O) groups excluding carboxylic acids is 2. The van der Waals surface area contributed by atoms with Crippen LogP contribution in [0.15, 0.2) is 24.3 Å². The van der Waals surface area contributed by atoms with Crippen molar-refractivity contribution in [2.75, 3.05) is 4.90 Å². The number of anilines is 1. The minimum atomic E-state index is -0.753. The lowest BCUT2D eigenvalue weighted by Crippen LogP contribution is -2.50. The Morgan fingerprint density at radius 1 is 1.43 bits per heavy atom. The zero-order valence-electron chi connectivity index (χ0n) is 11.9. The average Bonchev–Trinajstić information content (AvgIpc) is 2.69. The Morgan fingerprint density at radius 3 is 2.95 bits per heavy atom. The van der Waals surface area contributed by atoms with Gasteiger partial charge in [0, 0.05) is 0 Å². The highest BCUT2D eigenvalue weighted by Crippen LogP contribution is 2.38. The van der Waals surface area contributed by atoms with Crippen molar-refractivity contribution in [1.82, 2.24) is 5.32 Å². The Bertz CT molecular complexity index is 649. The second kappa shape index (κ2) is 4.88. The van der Waals surface area contributed by atoms with E-state index in [0.29, 0.717) is 30.0 Å². The van der Waals surface area contributed by atoms with Crippen molar-refractivity contribution < 1.29 is 9.59 Å². The molecule has 2 atom stereocenters. The fourth-order valence-electron chi connectivity index (χ4n) is 3.43. The van der Waals surface area contributed by atoms with E-state index in [4.69, 9.17) is 5.26 Å². The molecule has 5 heteroatoms. The summed E-state index contributed by atoms with van der Waals surface area (Å²) in [5.74, 6) is 0.238. The van der Waals surface area contributed by atoms with Crippen molar-refractivity contribution in [2.45, 2.75) is 38.1 Å². The van der Waals surface area contributed by atoms with Gasteiger partial charge in [0.2, 0.25) is 0 Å². The highest BCUT2D eigenvalue weighted by Gasteiger charge is 2.53. The first kappa shape index (κ1) is 13.6. The molecule has 1 aliphatic carbocycles. The minimum absolute atomic E-state index is 0.186. The van der Waals surface area contributed by atoms with Crippen LogP contribution in [-0.2, 0) is 4.79 Å². The molecule has 0 radical (unpaired) electrons. The van der Waals surface area contributed by atoms with Gasteiger partial charge in [-0.05, 0) is 37.0 Å². The fourth-order valence-corrected chi connectivity index (χ4v) is 3.43. The van der Waals surface area contributed by atoms with Crippen LogP contribution >= 0.6 is 0 Å². The first-order valence-corrected chi connectivity index (χ1v) is 7.22. The molecular weight excluding hydrogens is 266 g/mol. The first-order valence-electron chi connectivity index (χ1n) is 7.22. The molecule has 5 nitrogen and oxygen atoms in total. The van der Waals surface area contributed by atoms with E-state index in [9.17, 15) is 9.59 Å². The van der Waals surface area contributed by atoms with Gasteiger partial charge in [-0.1, -0.05) is 25.8 Å². The maximum Gasteiger partial charge on any atom is 0.329 e. The lowest BCUT2D eigenvalue weighted by atomic mass is 9.76. The summed E-state index contributed by atoms with van der Waals surface area (Å²) in [6.45, 7) is 2.11. The van der Waals surface area contributed by atoms with Crippen LogP contribution in [0.25, 0.3) is 0 Å². The molecule has 0 aromatic heterocycles. The van der Waals surface area contributed by atoms with E-state index in [0.717, 1.165) is 12.8 Å². The summed E-state index contributed by atoms with van der Waals surface area (Å²) in [7, 11) is 0. The van der Waals surface area contributed by atoms with Crippen molar-refractivity contribution in [3.8, 4) is 6.07 Å². The molecule has 2 aliphatic rings. The summed E-state index contributed by atoms with van der Waals surface area (Å²) in [5.41, 5.74) is 0.148. The van der Waals surface area contributed by atoms with Crippen LogP contribution in [0.4, 0.5) is 10.5 Å². The van der Waals surface area contributed by atoms with Crippen LogP contribution in [0.1, 0.15) is 38.2 Å². The molecule has 3 amide bonds. The largest absolute Gasteiger partial charge is 0.329 e. The van der Waals surface area contributed by atoms with Gasteiger partial charge < -0.3 is 5.32 Å². The van der Waals surface area contributed by atoms with E-state index in [1.807, 2.05) is 6.07 Å². The molecule has 1 saturated heterocycles. The van der Waals surface area contributed by atoms with Gasteiger partial charge in [0.15, 0.2) is 0 Å². The van der Waals surface area contributed by atoms with Gasteiger partial charge in [-0.2, -0.15) is 5.26 Å². The van der Waals surface area contributed by atoms with Crippen molar-refractivity contribution in [2.24, 2.45) is 5.92 Å². The summed E-state index contributed by atoms with van der Waals surface area (Å²) < 4.78 is 0. The second-order valence-corrected chi connectivity index (χ2v) is 6.02. The molecular formula is C16H17N3O2. The van der Waals surface area contributed by atoms with E-state index in [1.165, 1.54) is 4.90 Å². The van der Waals surface area contributed by atoms with Crippen LogP contribution in [0.5, 0.6) is 0 Å². The molecule has 1 saturated carbocycles. The standard InChI is InChI=1S/C16H17N3O2/c1-11-4-3-7-16(9-11)14(20)19(15(21)18-16)13-6-2-5-12(8-13)10-17/h2,5-6,8,11H,3-4,7,9H2,1H3,(H,18,21). The van der Waals surface area contributed by atoms with Gasteiger partial charge in [-0.3, -0.25) is 4.79 Å². The molecule has 2 fully saturated rings. The highest BCUT2D eigenvalue weighted by atomic mass is 16.2. The molecule has 1 aliphatic heterocycles. The average molecular weight is 283 g/mol. The Hall–Kier alpha value is -2.35. The monoisotopic (exact) mass is 283 g/mol. The summed E-state index contributed by atoms with van der Waals surface area (Å²) in [6.07, 6.45) is 3.41. The smallest absolute Gasteiger partial charge is 0.323 e. The maximum atomic E-state index is 12.8. The third kappa shape index (κ3) is 2.17. The number of nitriles is 1. The lowest BCUT2D eigenvalue weighted by Gasteiger charge is -2.34. The van der Waals surface area contributed by atoms with E-state index in [1.54, 1.807) is 24.3 Å². The summed E-state index contributed by atoms with van der Waals surface area (Å²) in [5, 5.41) is 11.8. The number of carbonyl (C=O) groups is 2. The number of hydrogen-bond donors (Lipinski definition) is 1. The van der Waals surface area contributed by atoms with Gasteiger partial charge in [0.1, 0.15) is 5.54 Å². The lowest BCUT2D eigenvalue weighted by molar-refractivity contribution is -0.123. The van der Waals surface area contributed by atoms with Crippen molar-refractivity contribution in [3.05, 3.63) is 29.8 Å². The summed E-state index contributed by atoms with van der Waals surface area (Å²) in [4.78, 5) is 26.3. The number of nitrogens with one attached hydrogen (secondary N) is 1. The maximum absolute atomic E-state index is 12.8. The van der Waals surface area contributed by atoms with Gasteiger partial charge in [0.25, 0.3) is 5.91 Å². The van der Waals surface area contributed by atoms with Gasteiger partial charge in [0.05, 0.1) is 17.3 Å². The molecule has 1 aromatic carbocycles. The Morgan fingerprint density at radius 2 is 2.24 bits per heavy atom. The van der Waals surface area contributed by atoms with Crippen LogP contribution in [0.3, 0.4) is 0 Å². The fraction of sp³-hybridized carbons (Fsp3) is 0.438. The molecule has 1 aromatic rings. The van der Waals surface area contributed by atoms with E-state index in [2.05, 4.69) is 12.2 Å². The first-order chi connectivity index (χ1) is 10.1. The number of imide groups is 1. The van der Waals surface area contributed by atoms with Crippen molar-refractivity contribution >= 4 is 17.6 Å². The SMILES string of the molecule is CC1CCCC2(C1)NC(=O)N(c1cccc(C#N)c1)C2=O. The van der Waals surface area contributed by atoms with Crippen LogP contribution < -0.4 is 10.2 Å². The number of nitrogens with zero attached hydrogens (tertiary/aromatic N) is 2. The second-order valence-electron chi connectivity index (χ2n) is 6.02. The molecule has 0 bridgehead atoms. The number of amides is 3. The van der Waals surface area contributed by atoms with Crippen LogP contribution in [-0.4, -0.2) is 17.5 Å². The summed E-state index contributed by atoms with van der Waals surface area (Å²) >= 11 is 0. The highest BCUT2D eigenvalue weighted by molar-refractivity contribution is 6.23. The van der Waals surface area contributed by atoms with Crippen molar-refractivity contribution in [1.29, 1.82) is 5.26 Å². The summed E-state index contributed by atoms with van der Waals surface area (Å²) in [6, 6.07) is 8.24. The Balaban J connectivity index is 1.95. The van der Waals surface area contributed by atoms with Gasteiger partial charge in [-0.25, -0.2) is 9.69 Å². The predicted octanol–water partition coefficient (Wildman–Crippen LogP) is 2.56. The number of benzene rings is 1. The molecule has 1 N–H and O–H groups in total. The van der Waals surface area contributed by atoms with Crippen LogP contribution in [0.2, 0.25) is 0 Å². The third-order valence-corrected chi connectivity index (χ3v) is 4.39. The quantitative estimate of drug-likeness (QED) is 0.805. The molecule has 108 valence electrons. The zero-order valence-corrected chi connectivity index (χ0v) is 11.9. The molecule has 1 spiro atoms. The number of hydrogen-bond acceptors (Lipinski definition) is 3. The number of urea groups is 1. The Kier molecular flexibility index (Phi) is 3.17. The van der Waals surface area contributed by atoms with E-state index < -0.39 is 5.54 Å².